The van der Waals surface area contributed by atoms with Crippen molar-refractivity contribution in [2.45, 2.75) is 259 Å². The maximum atomic E-state index is 15.6. The summed E-state index contributed by atoms with van der Waals surface area (Å²) in [6.07, 6.45) is 3.17. The summed E-state index contributed by atoms with van der Waals surface area (Å²) in [5.41, 5.74) is 24.6. The van der Waals surface area contributed by atoms with Gasteiger partial charge in [0.1, 0.15) is 114 Å². The second-order valence-electron chi connectivity index (χ2n) is 37.1. The molecule has 3 aromatic rings. The van der Waals surface area contributed by atoms with Gasteiger partial charge < -0.3 is 139 Å². The van der Waals surface area contributed by atoms with Crippen LogP contribution in [0.25, 0.3) is 0 Å². The summed E-state index contributed by atoms with van der Waals surface area (Å²) in [4.78, 5) is 319. The van der Waals surface area contributed by atoms with Crippen molar-refractivity contribution >= 4 is 177 Å². The number of aromatic hydroxyl groups is 1. The summed E-state index contributed by atoms with van der Waals surface area (Å²) in [6.45, 7) is 11.1. The van der Waals surface area contributed by atoms with Crippen molar-refractivity contribution in [2.24, 2.45) is 34.8 Å². The van der Waals surface area contributed by atoms with E-state index in [0.29, 0.717) is 48.8 Å². The summed E-state index contributed by atoms with van der Waals surface area (Å²) in [5, 5.41) is 62.5. The first-order chi connectivity index (χ1) is 71.5. The summed E-state index contributed by atoms with van der Waals surface area (Å²) in [6, 6.07) is -4.37. The minimum Gasteiger partial charge on any atom is -0.508 e. The molecule has 5 aliphatic heterocycles. The van der Waals surface area contributed by atoms with Gasteiger partial charge in [-0.2, -0.15) is 35.3 Å². The molecule has 0 radical (unpaired) electrons. The second kappa shape index (κ2) is 61.6. The molecule has 5 aliphatic rings. The fraction of sp³-hybridized carbons (Fsp3) is 0.551. The maximum absolute atomic E-state index is 15.6. The lowest BCUT2D eigenvalue weighted by Crippen LogP contribution is -2.63. The van der Waals surface area contributed by atoms with Gasteiger partial charge in [-0.3, -0.25) is 105 Å². The van der Waals surface area contributed by atoms with Crippen LogP contribution in [0.2, 0.25) is 0 Å². The van der Waals surface area contributed by atoms with Crippen LogP contribution in [0, 0.1) is 11.8 Å². The molecule has 5 heterocycles. The van der Waals surface area contributed by atoms with E-state index in [1.54, 1.807) is 81.4 Å². The average Bonchev–Trinajstić information content (AvgIpc) is 1.62. The molecule has 820 valence electrons. The fourth-order valence-electron chi connectivity index (χ4n) is 16.2. The smallest absolute Gasteiger partial charge is 0.267 e. The molecule has 4 fully saturated rings. The number of phenolic OH excluding ortho intramolecular Hbond substituents is 1. The number of nitrogens with zero attached hydrogens (tertiary/aromatic N) is 1. The molecule has 52 heteroatoms. The molecule has 4 saturated heterocycles. The zero-order chi connectivity index (χ0) is 110. The molecular formula is C98H141N25O23S4. The molecule has 0 aromatic heterocycles. The molecule has 8 rings (SSSR count). The zero-order valence-electron chi connectivity index (χ0n) is 84.9. The number of primary amides is 1. The molecule has 2 bridgehead atoms. The van der Waals surface area contributed by atoms with Gasteiger partial charge in [-0.05, 0) is 131 Å². The molecule has 0 saturated carbocycles. The third-order valence-electron chi connectivity index (χ3n) is 25.5. The Morgan fingerprint density at radius 3 is 1.69 bits per heavy atom. The highest BCUT2D eigenvalue weighted by Crippen LogP contribution is 2.27. The van der Waals surface area contributed by atoms with Crippen LogP contribution >= 0.6 is 47.0 Å². The number of carbonyl (C=O) groups excluding carboxylic acids is 22. The van der Waals surface area contributed by atoms with Crippen LogP contribution in [0.4, 0.5) is 0 Å². The van der Waals surface area contributed by atoms with E-state index in [-0.39, 0.29) is 99.9 Å². The highest BCUT2D eigenvalue weighted by atomic mass is 32.2. The molecule has 3 aromatic carbocycles. The van der Waals surface area contributed by atoms with Crippen LogP contribution in [0.5, 0.6) is 5.75 Å². The third-order valence-corrected chi connectivity index (χ3v) is 30.0. The average molecular weight is 2170 g/mol. The van der Waals surface area contributed by atoms with Gasteiger partial charge in [-0.25, -0.2) is 0 Å². The van der Waals surface area contributed by atoms with Gasteiger partial charge >= 0.3 is 0 Å². The molecule has 29 N–H and O–H groups in total. The van der Waals surface area contributed by atoms with Crippen LogP contribution in [-0.2, 0) is 125 Å². The lowest BCUT2D eigenvalue weighted by Gasteiger charge is -2.33. The lowest BCUT2D eigenvalue weighted by atomic mass is 9.96. The number of phenols is 1. The van der Waals surface area contributed by atoms with E-state index in [4.69, 9.17) is 22.9 Å². The number of allylic oxidation sites excluding steroid dienone is 1. The Balaban J connectivity index is 1.01. The normalized spacial score (nSPS) is 24.9. The van der Waals surface area contributed by atoms with Gasteiger partial charge in [0.15, 0.2) is 0 Å². The Hall–Kier alpha value is -13.4. The van der Waals surface area contributed by atoms with Crippen molar-refractivity contribution in [2.75, 3.05) is 67.2 Å². The number of benzene rings is 3. The number of carbonyl (C=O) groups is 22. The van der Waals surface area contributed by atoms with Crippen molar-refractivity contribution in [1.82, 2.24) is 111 Å². The van der Waals surface area contributed by atoms with Crippen LogP contribution in [0.15, 0.2) is 108 Å². The van der Waals surface area contributed by atoms with E-state index < -0.39 is 292 Å². The molecule has 48 nitrogen and oxygen atoms in total. The largest absolute Gasteiger partial charge is 0.508 e. The van der Waals surface area contributed by atoms with Crippen molar-refractivity contribution in [3.63, 3.8) is 0 Å². The molecule has 0 spiro atoms. The molecule has 21 unspecified atom stereocenters. The van der Waals surface area contributed by atoms with Gasteiger partial charge in [0.05, 0.1) is 25.6 Å². The Morgan fingerprint density at radius 2 is 1.07 bits per heavy atom. The Bertz CT molecular complexity index is 5330. The van der Waals surface area contributed by atoms with E-state index in [1.165, 1.54) is 68.5 Å². The van der Waals surface area contributed by atoms with E-state index in [9.17, 15) is 96.2 Å². The summed E-state index contributed by atoms with van der Waals surface area (Å²) in [5.74, 6) is -23.9. The van der Waals surface area contributed by atoms with Crippen LogP contribution < -0.4 is 129 Å². The number of amides is 22. The van der Waals surface area contributed by atoms with Gasteiger partial charge in [-0.15, -0.1) is 11.8 Å². The van der Waals surface area contributed by atoms with Gasteiger partial charge in [0, 0.05) is 71.8 Å². The van der Waals surface area contributed by atoms with Crippen LogP contribution in [-0.4, -0.2) is 321 Å². The van der Waals surface area contributed by atoms with Gasteiger partial charge in [0.2, 0.25) is 124 Å². The Kier molecular flexibility index (Phi) is 50.0. The van der Waals surface area contributed by atoms with E-state index in [0.717, 1.165) is 53.1 Å². The zero-order valence-corrected chi connectivity index (χ0v) is 88.2. The topological polar surface area (TPSA) is 744 Å². The minimum absolute atomic E-state index is 0.00166. The van der Waals surface area contributed by atoms with Crippen molar-refractivity contribution in [3.05, 3.63) is 125 Å². The predicted octanol–water partition coefficient (Wildman–Crippen LogP) is -6.02. The number of hydrogen-bond acceptors (Lipinski definition) is 30. The number of nitrogens with two attached hydrogens (primary N) is 4. The monoisotopic (exact) mass is 2160 g/mol. The summed E-state index contributed by atoms with van der Waals surface area (Å²) >= 11 is 3.54. The highest BCUT2D eigenvalue weighted by molar-refractivity contribution is 8.02. The Labute approximate surface area is 885 Å². The van der Waals surface area contributed by atoms with Gasteiger partial charge in [-0.1, -0.05) is 126 Å². The first kappa shape index (κ1) is 122. The summed E-state index contributed by atoms with van der Waals surface area (Å²) < 4.78 is 0. The lowest BCUT2D eigenvalue weighted by molar-refractivity contribution is -0.142. The van der Waals surface area contributed by atoms with Crippen molar-refractivity contribution < 1.29 is 111 Å². The number of unbranched alkanes of at least 4 members (excludes halogenated alkanes) is 2. The van der Waals surface area contributed by atoms with E-state index in [2.05, 4.69) is 106 Å². The molecular weight excluding hydrogens is 2020 g/mol. The van der Waals surface area contributed by atoms with Gasteiger partial charge in [0.25, 0.3) is 5.91 Å². The molecule has 21 atom stereocenters. The van der Waals surface area contributed by atoms with Crippen molar-refractivity contribution in [3.8, 4) is 5.75 Å². The minimum atomic E-state index is -1.80. The second-order valence-corrected chi connectivity index (χ2v) is 41.6. The van der Waals surface area contributed by atoms with E-state index in [1.807, 2.05) is 6.92 Å². The van der Waals surface area contributed by atoms with Crippen molar-refractivity contribution in [1.29, 1.82) is 0 Å². The predicted molar refractivity (Wildman–Crippen MR) is 560 cm³/mol. The SMILES string of the molecule is CC=C(NC(=O)C(CCCCN)NC(=O)C(C)NC(=O)C1CSC(C)C(NC(=O)C2CSCC(NC(=O)C(C)NC(=O)C(N)C(C)CC)C(=O)NC(CCCCN)C(=O)NC(Cc3ccccc3)C(=O)NC(C(C)CC)C(=O)N2)C(=O)N2CCCC2C(=O)NCC(=O)N1)C(=O)NCC(=O)NC1CSCC2NC(=O)C(Cc3ccc(O)cc3)NC(=O)C(CSC=CNC2=O)NC(=O)C(CC(N)=O)NC(=O)C(Cc2ccccc2)NC1=O. The standard InChI is InChI=1S/C98H141N25O23S4/c1-9-51(4)77(102)96(144)107-54(7)81(129)117-70-48-149-49-71(120-97(145)78(52(5)10-2)121-89(137)65(40-57-25-16-13-17-26-57)113-85(133)62(112-92(70)140)28-19-21-35-100)94(142)122-79-55(8)150-50-72(109-76(127)44-105-95(143)73-29-22-37-123(73)98(79)146)90(138)106-53(6)80(128)111-61(27-18-20-34-99)84(132)110-60(11-3)82(130)104-43-75(126)108-68-47-148-46-67-83(131)103-36-38-147-45-69(93(141)115-64(87(135)118-67)41-58-30-32-59(124)33-31-58)119-88(136)66(42-74(101)125)116-86(134)63(114-91(68)139)39-56-23-14-12-15-24-56/h11-17,23-26,30-33,36,38,51-55,61-73,77-79,124H,9-10,18-22,27-29,34-35,37,39-50,99-100,102H2,1-8H3,(H2,101,125)(H,103,131)(H,104,130)(H,105,143)(H,106,138)(H,107,144)(H,108,126)(H,109,127)(H,110,132)(H,111,128)(H,112,140)(H,113,133)(H,114,139)(H,115,141)(H,116,134)(H,117,129)(H,118,135)(H,119,136)(H,120,145)(H,121,137)(H,122,142). The number of hydrogen-bond donors (Lipinski definition) is 25. The Morgan fingerprint density at radius 1 is 0.527 bits per heavy atom. The quantitative estimate of drug-likeness (QED) is 0.0190. The molecule has 22 amide bonds. The molecule has 0 aliphatic carbocycles. The number of nitrogens with one attached hydrogen (secondary N) is 20. The highest BCUT2D eigenvalue weighted by Gasteiger charge is 2.45. The van der Waals surface area contributed by atoms with Crippen LogP contribution in [0.3, 0.4) is 0 Å². The third kappa shape index (κ3) is 38.5. The summed E-state index contributed by atoms with van der Waals surface area (Å²) in [7, 11) is 0. The maximum Gasteiger partial charge on any atom is 0.267 e. The number of fused-ring (bicyclic) bond motifs is 7. The fourth-order valence-corrected chi connectivity index (χ4v) is 20.2. The first-order valence-electron chi connectivity index (χ1n) is 49.9. The van der Waals surface area contributed by atoms with Crippen LogP contribution in [0.1, 0.15) is 143 Å². The van der Waals surface area contributed by atoms with E-state index >= 15 is 14.4 Å². The first-order valence-corrected chi connectivity index (χ1v) is 54.3. The number of rotatable bonds is 36. The number of thioether (sulfide) groups is 4. The molecule has 150 heavy (non-hydrogen) atoms.